The van der Waals surface area contributed by atoms with Crippen molar-refractivity contribution in [2.75, 3.05) is 0 Å². The maximum absolute atomic E-state index is 12.0. The Labute approximate surface area is 92.2 Å². The van der Waals surface area contributed by atoms with Crippen LogP contribution in [0.4, 0.5) is 0 Å². The molecule has 1 aromatic rings. The Morgan fingerprint density at radius 2 is 2.33 bits per heavy atom. The molecule has 3 heteroatoms. The van der Waals surface area contributed by atoms with Gasteiger partial charge in [0.25, 0.3) is 0 Å². The lowest BCUT2D eigenvalue weighted by Gasteiger charge is -2.12. The van der Waals surface area contributed by atoms with Gasteiger partial charge in [0.2, 0.25) is 0 Å². The van der Waals surface area contributed by atoms with Crippen LogP contribution in [0.3, 0.4) is 0 Å². The molecule has 15 heavy (non-hydrogen) atoms. The van der Waals surface area contributed by atoms with Crippen molar-refractivity contribution in [1.29, 1.82) is 0 Å². The van der Waals surface area contributed by atoms with Gasteiger partial charge in [0.1, 0.15) is 0 Å². The summed E-state index contributed by atoms with van der Waals surface area (Å²) in [5.41, 5.74) is 0.902. The average Bonchev–Trinajstić information content (AvgIpc) is 2.31. The Balaban J connectivity index is 1.98. The normalized spacial score (nSPS) is 21.5. The fourth-order valence-corrected chi connectivity index (χ4v) is 2.76. The van der Waals surface area contributed by atoms with Gasteiger partial charge in [-0.2, -0.15) is 0 Å². The van der Waals surface area contributed by atoms with E-state index >= 15 is 0 Å². The standard InChI is InChI=1S/C12H13NOS/c14-15(12-7-2-1-3-8-12)10-11-6-4-5-9-13-11/h1-7,9,12H,8,10H2. The summed E-state index contributed by atoms with van der Waals surface area (Å²) in [6.07, 6.45) is 10.6. The van der Waals surface area contributed by atoms with Crippen molar-refractivity contribution in [2.45, 2.75) is 17.4 Å². The molecule has 1 aromatic heterocycles. The van der Waals surface area contributed by atoms with Gasteiger partial charge in [-0.25, -0.2) is 0 Å². The summed E-state index contributed by atoms with van der Waals surface area (Å²) in [5, 5.41) is 0.150. The van der Waals surface area contributed by atoms with E-state index in [1.54, 1.807) is 6.20 Å². The Morgan fingerprint density at radius 3 is 3.00 bits per heavy atom. The summed E-state index contributed by atoms with van der Waals surface area (Å²) in [7, 11) is -0.858. The van der Waals surface area contributed by atoms with Crippen molar-refractivity contribution >= 4 is 10.8 Å². The Kier molecular flexibility index (Phi) is 3.45. The van der Waals surface area contributed by atoms with E-state index < -0.39 is 10.8 Å². The predicted molar refractivity (Wildman–Crippen MR) is 62.8 cm³/mol. The van der Waals surface area contributed by atoms with Crippen LogP contribution < -0.4 is 0 Å². The second kappa shape index (κ2) is 5.03. The first-order valence-corrected chi connectivity index (χ1v) is 6.35. The highest BCUT2D eigenvalue weighted by Gasteiger charge is 2.14. The molecule has 0 amide bonds. The minimum Gasteiger partial charge on any atom is -0.260 e. The lowest BCUT2D eigenvalue weighted by atomic mass is 10.2. The number of nitrogens with zero attached hydrogens (tertiary/aromatic N) is 1. The van der Waals surface area contributed by atoms with Crippen molar-refractivity contribution in [3.63, 3.8) is 0 Å². The van der Waals surface area contributed by atoms with E-state index in [2.05, 4.69) is 11.1 Å². The highest BCUT2D eigenvalue weighted by atomic mass is 32.2. The first kappa shape index (κ1) is 10.3. The summed E-state index contributed by atoms with van der Waals surface area (Å²) >= 11 is 0. The molecule has 0 bridgehead atoms. The number of hydrogen-bond acceptors (Lipinski definition) is 2. The van der Waals surface area contributed by atoms with Crippen LogP contribution in [0.5, 0.6) is 0 Å². The van der Waals surface area contributed by atoms with E-state index in [0.717, 1.165) is 12.1 Å². The Hall–Kier alpha value is -1.22. The zero-order chi connectivity index (χ0) is 10.5. The van der Waals surface area contributed by atoms with Crippen molar-refractivity contribution in [2.24, 2.45) is 0 Å². The molecule has 2 rings (SSSR count). The van der Waals surface area contributed by atoms with Crippen LogP contribution in [0.25, 0.3) is 0 Å². The average molecular weight is 219 g/mol. The highest BCUT2D eigenvalue weighted by Crippen LogP contribution is 2.13. The molecule has 0 fully saturated rings. The number of aromatic nitrogens is 1. The van der Waals surface area contributed by atoms with Crippen LogP contribution in [0.15, 0.2) is 48.7 Å². The molecule has 0 aromatic carbocycles. The van der Waals surface area contributed by atoms with Crippen molar-refractivity contribution in [3.8, 4) is 0 Å². The fraction of sp³-hybridized carbons (Fsp3) is 0.250. The zero-order valence-electron chi connectivity index (χ0n) is 8.37. The third-order valence-corrected chi connectivity index (χ3v) is 3.90. The molecule has 78 valence electrons. The van der Waals surface area contributed by atoms with Crippen LogP contribution in [0.2, 0.25) is 0 Å². The SMILES string of the molecule is O=S(Cc1ccccn1)C1C=CC=CC1. The minimum atomic E-state index is -0.858. The first-order chi connectivity index (χ1) is 7.36. The number of pyridine rings is 1. The quantitative estimate of drug-likeness (QED) is 0.780. The topological polar surface area (TPSA) is 30.0 Å². The molecule has 1 aliphatic carbocycles. The molecular formula is C12H13NOS. The third kappa shape index (κ3) is 2.86. The molecular weight excluding hydrogens is 206 g/mol. The van der Waals surface area contributed by atoms with Gasteiger partial charge in [0.15, 0.2) is 0 Å². The van der Waals surface area contributed by atoms with Crippen molar-refractivity contribution in [1.82, 2.24) is 4.98 Å². The lowest BCUT2D eigenvalue weighted by molar-refractivity contribution is 0.676. The number of rotatable bonds is 3. The van der Waals surface area contributed by atoms with Gasteiger partial charge >= 0.3 is 0 Å². The van der Waals surface area contributed by atoms with Crippen molar-refractivity contribution in [3.05, 3.63) is 54.4 Å². The summed E-state index contributed by atoms with van der Waals surface area (Å²) in [4.78, 5) is 4.18. The van der Waals surface area contributed by atoms with Crippen LogP contribution in [-0.2, 0) is 16.6 Å². The van der Waals surface area contributed by atoms with Gasteiger partial charge in [0.05, 0.1) is 16.7 Å². The second-order valence-corrected chi connectivity index (χ2v) is 5.09. The molecule has 2 unspecified atom stereocenters. The van der Waals surface area contributed by atoms with Crippen LogP contribution in [-0.4, -0.2) is 14.4 Å². The largest absolute Gasteiger partial charge is 0.260 e. The highest BCUT2D eigenvalue weighted by molar-refractivity contribution is 7.85. The predicted octanol–water partition coefficient (Wildman–Crippen LogP) is 2.21. The van der Waals surface area contributed by atoms with Gasteiger partial charge in [-0.15, -0.1) is 0 Å². The molecule has 0 radical (unpaired) electrons. The van der Waals surface area contributed by atoms with E-state index in [1.807, 2.05) is 36.4 Å². The Bertz CT molecular complexity index is 397. The van der Waals surface area contributed by atoms with Gasteiger partial charge in [-0.05, 0) is 18.6 Å². The monoisotopic (exact) mass is 219 g/mol. The summed E-state index contributed by atoms with van der Waals surface area (Å²) < 4.78 is 12.0. The fourth-order valence-electron chi connectivity index (χ4n) is 1.49. The van der Waals surface area contributed by atoms with E-state index in [9.17, 15) is 4.21 Å². The summed E-state index contributed by atoms with van der Waals surface area (Å²) in [6.45, 7) is 0. The van der Waals surface area contributed by atoms with Crippen LogP contribution in [0, 0.1) is 0 Å². The molecule has 0 aliphatic heterocycles. The van der Waals surface area contributed by atoms with Crippen LogP contribution in [0.1, 0.15) is 12.1 Å². The Morgan fingerprint density at radius 1 is 1.40 bits per heavy atom. The van der Waals surface area contributed by atoms with Crippen molar-refractivity contribution < 1.29 is 4.21 Å². The molecule has 1 heterocycles. The summed E-state index contributed by atoms with van der Waals surface area (Å²) in [5.74, 6) is 0.545. The molecule has 2 atom stereocenters. The number of hydrogen-bond donors (Lipinski definition) is 0. The smallest absolute Gasteiger partial charge is 0.0665 e. The second-order valence-electron chi connectivity index (χ2n) is 3.43. The first-order valence-electron chi connectivity index (χ1n) is 4.96. The molecule has 0 saturated carbocycles. The van der Waals surface area contributed by atoms with E-state index in [0.29, 0.717) is 5.75 Å². The lowest BCUT2D eigenvalue weighted by Crippen LogP contribution is -2.15. The molecule has 0 spiro atoms. The van der Waals surface area contributed by atoms with Gasteiger partial charge in [-0.1, -0.05) is 30.4 Å². The molecule has 1 aliphatic rings. The maximum atomic E-state index is 12.0. The van der Waals surface area contributed by atoms with E-state index in [1.165, 1.54) is 0 Å². The molecule has 0 N–H and O–H groups in total. The van der Waals surface area contributed by atoms with Crippen LogP contribution >= 0.6 is 0 Å². The van der Waals surface area contributed by atoms with E-state index in [4.69, 9.17) is 0 Å². The number of allylic oxidation sites excluding steroid dienone is 3. The minimum absolute atomic E-state index is 0.150. The van der Waals surface area contributed by atoms with Gasteiger partial charge in [-0.3, -0.25) is 9.19 Å². The third-order valence-electron chi connectivity index (χ3n) is 2.30. The van der Waals surface area contributed by atoms with E-state index in [-0.39, 0.29) is 5.25 Å². The summed E-state index contributed by atoms with van der Waals surface area (Å²) in [6, 6.07) is 5.71. The van der Waals surface area contributed by atoms with Gasteiger partial charge < -0.3 is 0 Å². The molecule has 0 saturated heterocycles. The zero-order valence-corrected chi connectivity index (χ0v) is 9.19. The molecule has 2 nitrogen and oxygen atoms in total. The van der Waals surface area contributed by atoms with Gasteiger partial charge in [0, 0.05) is 17.0 Å². The maximum Gasteiger partial charge on any atom is 0.0665 e.